The molecule has 1 unspecified atom stereocenters. The molecule has 0 aliphatic heterocycles. The van der Waals surface area contributed by atoms with Crippen LogP contribution in [0.25, 0.3) is 10.9 Å². The number of benzene rings is 1. The third-order valence-electron chi connectivity index (χ3n) is 4.18. The molecule has 7 heteroatoms. The summed E-state index contributed by atoms with van der Waals surface area (Å²) in [5.41, 5.74) is -0.458. The van der Waals surface area contributed by atoms with Gasteiger partial charge < -0.3 is 14.5 Å². The zero-order valence-electron chi connectivity index (χ0n) is 17.4. The monoisotopic (exact) mass is 424 g/mol. The first-order valence-corrected chi connectivity index (χ1v) is 10.5. The Balaban J connectivity index is 2.20. The van der Waals surface area contributed by atoms with Crippen LogP contribution in [0.4, 0.5) is 4.79 Å². The molecule has 0 saturated heterocycles. The average Bonchev–Trinajstić information content (AvgIpc) is 3.34. The molecule has 1 atom stereocenters. The number of carbonyl (C=O) groups is 2. The van der Waals surface area contributed by atoms with Gasteiger partial charge in [-0.25, -0.2) is 9.59 Å². The summed E-state index contributed by atoms with van der Waals surface area (Å²) in [7, 11) is 0. The number of hydrogen-bond donors (Lipinski definition) is 2. The van der Waals surface area contributed by atoms with Gasteiger partial charge in [0.15, 0.2) is 0 Å². The maximum atomic E-state index is 13.3. The van der Waals surface area contributed by atoms with Crippen LogP contribution in [0, 0.1) is 11.8 Å². The van der Waals surface area contributed by atoms with Crippen LogP contribution >= 0.6 is 11.3 Å². The predicted octanol–water partition coefficient (Wildman–Crippen LogP) is 4.56. The smallest absolute Gasteiger partial charge is 0.409 e. The molecule has 0 aliphatic carbocycles. The van der Waals surface area contributed by atoms with E-state index in [0.29, 0.717) is 5.56 Å². The second kappa shape index (κ2) is 8.64. The molecule has 1 aromatic carbocycles. The summed E-state index contributed by atoms with van der Waals surface area (Å²) < 4.78 is 10.8. The van der Waals surface area contributed by atoms with Crippen LogP contribution in [0.3, 0.4) is 0 Å². The minimum Gasteiger partial charge on any atom is -0.463 e. The molecule has 1 amide bonds. The molecule has 0 spiro atoms. The van der Waals surface area contributed by atoms with Gasteiger partial charge in [-0.15, -0.1) is 0 Å². The third kappa shape index (κ3) is 4.66. The first kappa shape index (κ1) is 21.5. The molecule has 0 bridgehead atoms. The number of para-hydroxylation sites is 1. The Hall–Kier alpha value is -3.24. The normalized spacial score (nSPS) is 13.1. The van der Waals surface area contributed by atoms with Crippen molar-refractivity contribution in [3.8, 4) is 11.8 Å². The van der Waals surface area contributed by atoms with Gasteiger partial charge in [0.05, 0.1) is 6.61 Å². The first-order valence-electron chi connectivity index (χ1n) is 9.55. The van der Waals surface area contributed by atoms with Crippen LogP contribution in [-0.2, 0) is 19.8 Å². The van der Waals surface area contributed by atoms with Crippen molar-refractivity contribution in [3.05, 3.63) is 58.4 Å². The fourth-order valence-corrected chi connectivity index (χ4v) is 3.55. The van der Waals surface area contributed by atoms with Crippen molar-refractivity contribution >= 4 is 34.3 Å². The second-order valence-electron chi connectivity index (χ2n) is 7.61. The number of fused-ring (bicyclic) bond motifs is 1. The number of aromatic nitrogens is 1. The van der Waals surface area contributed by atoms with E-state index in [1.54, 1.807) is 33.9 Å². The molecule has 0 saturated carbocycles. The van der Waals surface area contributed by atoms with E-state index in [9.17, 15) is 9.59 Å². The molecule has 2 heterocycles. The van der Waals surface area contributed by atoms with Crippen LogP contribution in [0.15, 0.2) is 47.3 Å². The lowest BCUT2D eigenvalue weighted by atomic mass is 9.89. The maximum absolute atomic E-state index is 13.3. The third-order valence-corrected chi connectivity index (χ3v) is 4.86. The summed E-state index contributed by atoms with van der Waals surface area (Å²) in [6.07, 6.45) is 0.904. The molecule has 3 aromatic rings. The van der Waals surface area contributed by atoms with Crippen LogP contribution in [0.2, 0.25) is 0 Å². The number of H-pyrrole nitrogens is 1. The number of alkyl carbamates (subject to hydrolysis) is 1. The van der Waals surface area contributed by atoms with E-state index in [1.807, 2.05) is 41.1 Å². The molecule has 6 nitrogen and oxygen atoms in total. The number of ether oxygens (including phenoxy) is 2. The van der Waals surface area contributed by atoms with E-state index in [0.717, 1.165) is 16.5 Å². The maximum Gasteiger partial charge on any atom is 0.409 e. The van der Waals surface area contributed by atoms with E-state index in [1.165, 1.54) is 11.3 Å². The molecule has 30 heavy (non-hydrogen) atoms. The van der Waals surface area contributed by atoms with Gasteiger partial charge in [-0.2, -0.15) is 11.3 Å². The molecule has 2 aromatic heterocycles. The van der Waals surface area contributed by atoms with Gasteiger partial charge in [-0.05, 0) is 45.2 Å². The van der Waals surface area contributed by atoms with Crippen molar-refractivity contribution < 1.29 is 19.1 Å². The van der Waals surface area contributed by atoms with Gasteiger partial charge in [-0.1, -0.05) is 30.0 Å². The number of carbonyl (C=O) groups excluding carboxylic acids is 2. The molecule has 0 radical (unpaired) electrons. The highest BCUT2D eigenvalue weighted by atomic mass is 32.1. The highest BCUT2D eigenvalue weighted by molar-refractivity contribution is 7.08. The number of thiophene rings is 1. The number of aromatic amines is 1. The first-order chi connectivity index (χ1) is 14.2. The Morgan fingerprint density at radius 3 is 2.63 bits per heavy atom. The van der Waals surface area contributed by atoms with E-state index >= 15 is 0 Å². The second-order valence-corrected chi connectivity index (χ2v) is 8.39. The van der Waals surface area contributed by atoms with Gasteiger partial charge in [0.2, 0.25) is 5.54 Å². The van der Waals surface area contributed by atoms with Crippen molar-refractivity contribution in [2.24, 2.45) is 0 Å². The summed E-state index contributed by atoms with van der Waals surface area (Å²) in [6.45, 7) is 7.10. The molecular formula is C23H24N2O4S. The van der Waals surface area contributed by atoms with Crippen molar-refractivity contribution in [1.82, 2.24) is 10.3 Å². The largest absolute Gasteiger partial charge is 0.463 e. The Bertz CT molecular complexity index is 1100. The van der Waals surface area contributed by atoms with E-state index in [2.05, 4.69) is 22.1 Å². The van der Waals surface area contributed by atoms with Crippen molar-refractivity contribution in [2.45, 2.75) is 38.8 Å². The number of esters is 1. The van der Waals surface area contributed by atoms with Gasteiger partial charge in [0, 0.05) is 33.6 Å². The Morgan fingerprint density at radius 1 is 1.20 bits per heavy atom. The van der Waals surface area contributed by atoms with E-state index in [-0.39, 0.29) is 6.61 Å². The number of nitrogens with one attached hydrogen (secondary N) is 2. The summed E-state index contributed by atoms with van der Waals surface area (Å²) in [4.78, 5) is 29.2. The van der Waals surface area contributed by atoms with Crippen LogP contribution < -0.4 is 5.32 Å². The Kier molecular flexibility index (Phi) is 6.18. The zero-order valence-corrected chi connectivity index (χ0v) is 18.2. The molecule has 3 rings (SSSR count). The van der Waals surface area contributed by atoms with Crippen LogP contribution in [0.5, 0.6) is 0 Å². The lowest BCUT2D eigenvalue weighted by Crippen LogP contribution is -2.53. The number of amides is 1. The lowest BCUT2D eigenvalue weighted by molar-refractivity contribution is -0.149. The summed E-state index contributed by atoms with van der Waals surface area (Å²) in [6, 6.07) is 9.32. The fraction of sp³-hybridized carbons (Fsp3) is 0.304. The topological polar surface area (TPSA) is 80.4 Å². The van der Waals surface area contributed by atoms with Gasteiger partial charge in [-0.3, -0.25) is 5.32 Å². The van der Waals surface area contributed by atoms with E-state index < -0.39 is 23.2 Å². The highest BCUT2D eigenvalue weighted by Crippen LogP contribution is 2.31. The molecule has 156 valence electrons. The quantitative estimate of drug-likeness (QED) is 0.475. The minimum atomic E-state index is -1.75. The number of hydrogen-bond acceptors (Lipinski definition) is 5. The van der Waals surface area contributed by atoms with Gasteiger partial charge in [0.25, 0.3) is 0 Å². The molecule has 0 fully saturated rings. The van der Waals surface area contributed by atoms with Gasteiger partial charge in [0.1, 0.15) is 5.60 Å². The molecule has 0 aliphatic rings. The summed E-state index contributed by atoms with van der Waals surface area (Å²) in [5, 5.41) is 7.21. The number of rotatable bonds is 4. The summed E-state index contributed by atoms with van der Waals surface area (Å²) >= 11 is 1.49. The molecular weight excluding hydrogens is 400 g/mol. The van der Waals surface area contributed by atoms with Crippen LogP contribution in [0.1, 0.15) is 38.8 Å². The average molecular weight is 425 g/mol. The van der Waals surface area contributed by atoms with Crippen LogP contribution in [-0.4, -0.2) is 29.3 Å². The standard InChI is InChI=1S/C23H24N2O4S/c1-5-28-20(26)23(12-10-16-11-13-30-15-16,25-21(27)29-22(2,3)4)18-14-24-19-9-7-6-8-17(18)19/h6-9,11,13-15,24H,5H2,1-4H3,(H,25,27). The summed E-state index contributed by atoms with van der Waals surface area (Å²) in [5.74, 6) is 5.31. The Labute approximate surface area is 179 Å². The van der Waals surface area contributed by atoms with Gasteiger partial charge >= 0.3 is 12.1 Å². The minimum absolute atomic E-state index is 0.138. The fourth-order valence-electron chi connectivity index (χ4n) is 2.96. The van der Waals surface area contributed by atoms with Crippen molar-refractivity contribution in [2.75, 3.05) is 6.61 Å². The highest BCUT2D eigenvalue weighted by Gasteiger charge is 2.45. The Morgan fingerprint density at radius 2 is 1.97 bits per heavy atom. The van der Waals surface area contributed by atoms with Crippen molar-refractivity contribution in [1.29, 1.82) is 0 Å². The van der Waals surface area contributed by atoms with E-state index in [4.69, 9.17) is 9.47 Å². The lowest BCUT2D eigenvalue weighted by Gasteiger charge is -2.29. The molecule has 2 N–H and O–H groups in total. The zero-order chi connectivity index (χ0) is 21.8. The predicted molar refractivity (Wildman–Crippen MR) is 117 cm³/mol. The SMILES string of the molecule is CCOC(=O)C(C#Cc1ccsc1)(NC(=O)OC(C)(C)C)c1c[nH]c2ccccc12. The van der Waals surface area contributed by atoms with Crippen molar-refractivity contribution in [3.63, 3.8) is 0 Å².